The van der Waals surface area contributed by atoms with Gasteiger partial charge >= 0.3 is 0 Å². The van der Waals surface area contributed by atoms with Crippen LogP contribution in [-0.2, 0) is 9.78 Å². The Bertz CT molecular complexity index is 288. The van der Waals surface area contributed by atoms with Crippen molar-refractivity contribution in [2.75, 3.05) is 0 Å². The van der Waals surface area contributed by atoms with E-state index in [0.29, 0.717) is 5.76 Å². The Kier molecular flexibility index (Phi) is 2.98. The standard InChI is InChI=1S/C11H17ClO2/c1-8-6-7-9(12)10(2,3)11(4,5)14-13-8/h6-7H,1-5H3/b8-6-,9-7+. The fraction of sp³-hybridized carbons (Fsp3) is 0.636. The summed E-state index contributed by atoms with van der Waals surface area (Å²) in [6, 6.07) is 0. The fourth-order valence-electron chi connectivity index (χ4n) is 0.988. The third kappa shape index (κ3) is 1.96. The molecule has 2 nitrogen and oxygen atoms in total. The lowest BCUT2D eigenvalue weighted by molar-refractivity contribution is -0.346. The van der Waals surface area contributed by atoms with Crippen LogP contribution in [-0.4, -0.2) is 5.60 Å². The molecule has 0 aliphatic carbocycles. The van der Waals surface area contributed by atoms with Crippen LogP contribution in [0.4, 0.5) is 0 Å². The highest BCUT2D eigenvalue weighted by molar-refractivity contribution is 6.30. The quantitative estimate of drug-likeness (QED) is 0.574. The zero-order chi connectivity index (χ0) is 11.0. The highest BCUT2D eigenvalue weighted by Crippen LogP contribution is 2.43. The second-order valence-corrected chi connectivity index (χ2v) is 5.00. The molecule has 1 rings (SSSR count). The maximum Gasteiger partial charge on any atom is 0.139 e. The van der Waals surface area contributed by atoms with Gasteiger partial charge < -0.3 is 4.89 Å². The van der Waals surface area contributed by atoms with Crippen molar-refractivity contribution >= 4 is 11.6 Å². The first-order chi connectivity index (χ1) is 6.27. The molecule has 1 aliphatic rings. The molecule has 0 aromatic rings. The maximum atomic E-state index is 6.22. The summed E-state index contributed by atoms with van der Waals surface area (Å²) in [4.78, 5) is 10.5. The van der Waals surface area contributed by atoms with Gasteiger partial charge in [0.05, 0.1) is 0 Å². The molecule has 0 fully saturated rings. The van der Waals surface area contributed by atoms with Gasteiger partial charge in [0, 0.05) is 10.4 Å². The van der Waals surface area contributed by atoms with E-state index in [-0.39, 0.29) is 5.41 Å². The van der Waals surface area contributed by atoms with Gasteiger partial charge in [-0.15, -0.1) is 0 Å². The Labute approximate surface area is 90.5 Å². The number of hydrogen-bond acceptors (Lipinski definition) is 2. The molecule has 0 radical (unpaired) electrons. The first-order valence-electron chi connectivity index (χ1n) is 4.67. The lowest BCUT2D eigenvalue weighted by atomic mass is 9.76. The van der Waals surface area contributed by atoms with Gasteiger partial charge in [-0.05, 0) is 32.9 Å². The first kappa shape index (κ1) is 11.6. The molecule has 80 valence electrons. The number of hydrogen-bond donors (Lipinski definition) is 0. The van der Waals surface area contributed by atoms with Gasteiger partial charge in [-0.2, -0.15) is 4.89 Å². The van der Waals surface area contributed by atoms with Crippen LogP contribution < -0.4 is 0 Å². The van der Waals surface area contributed by atoms with E-state index in [0.717, 1.165) is 5.03 Å². The molecule has 0 spiro atoms. The highest BCUT2D eigenvalue weighted by Gasteiger charge is 2.42. The summed E-state index contributed by atoms with van der Waals surface area (Å²) in [7, 11) is 0. The second-order valence-electron chi connectivity index (χ2n) is 4.59. The van der Waals surface area contributed by atoms with Crippen LogP contribution in [0.25, 0.3) is 0 Å². The van der Waals surface area contributed by atoms with E-state index in [4.69, 9.17) is 21.4 Å². The molecule has 0 amide bonds. The molecule has 0 saturated carbocycles. The number of allylic oxidation sites excluding steroid dienone is 3. The molecule has 0 aromatic carbocycles. The molecular formula is C11H17ClO2. The number of halogens is 1. The zero-order valence-corrected chi connectivity index (χ0v) is 10.1. The third-order valence-corrected chi connectivity index (χ3v) is 3.55. The maximum absolute atomic E-state index is 6.22. The van der Waals surface area contributed by atoms with E-state index in [1.807, 2.05) is 40.7 Å². The average Bonchev–Trinajstić information content (AvgIpc) is 2.09. The first-order valence-corrected chi connectivity index (χ1v) is 5.05. The van der Waals surface area contributed by atoms with Crippen LogP contribution in [0.2, 0.25) is 0 Å². The van der Waals surface area contributed by atoms with Gasteiger partial charge in [0.2, 0.25) is 0 Å². The van der Waals surface area contributed by atoms with E-state index in [1.54, 1.807) is 6.08 Å². The van der Waals surface area contributed by atoms with Crippen LogP contribution in [0.15, 0.2) is 22.9 Å². The molecule has 1 heterocycles. The van der Waals surface area contributed by atoms with Gasteiger partial charge in [-0.3, -0.25) is 0 Å². The highest BCUT2D eigenvalue weighted by atomic mass is 35.5. The molecule has 0 unspecified atom stereocenters. The van der Waals surface area contributed by atoms with Gasteiger partial charge in [0.15, 0.2) is 0 Å². The van der Waals surface area contributed by atoms with Crippen molar-refractivity contribution in [1.82, 2.24) is 0 Å². The summed E-state index contributed by atoms with van der Waals surface area (Å²) in [5, 5.41) is 0.769. The molecule has 3 heteroatoms. The van der Waals surface area contributed by atoms with Crippen molar-refractivity contribution in [3.63, 3.8) is 0 Å². The Morgan fingerprint density at radius 3 is 2.29 bits per heavy atom. The molecule has 0 saturated heterocycles. The van der Waals surface area contributed by atoms with Crippen LogP contribution in [0.5, 0.6) is 0 Å². The molecule has 0 aromatic heterocycles. The van der Waals surface area contributed by atoms with Crippen LogP contribution in [0.3, 0.4) is 0 Å². The fourth-order valence-corrected chi connectivity index (χ4v) is 1.28. The van der Waals surface area contributed by atoms with E-state index in [9.17, 15) is 0 Å². The van der Waals surface area contributed by atoms with Gasteiger partial charge in [-0.1, -0.05) is 25.4 Å². The van der Waals surface area contributed by atoms with Crippen molar-refractivity contribution in [2.45, 2.75) is 40.2 Å². The van der Waals surface area contributed by atoms with Crippen molar-refractivity contribution < 1.29 is 9.78 Å². The van der Waals surface area contributed by atoms with Gasteiger partial charge in [0.25, 0.3) is 0 Å². The van der Waals surface area contributed by atoms with Crippen molar-refractivity contribution in [3.05, 3.63) is 22.9 Å². The second kappa shape index (κ2) is 3.59. The molecule has 0 bridgehead atoms. The summed E-state index contributed by atoms with van der Waals surface area (Å²) in [5.74, 6) is 0.701. The van der Waals surface area contributed by atoms with Crippen LogP contribution in [0.1, 0.15) is 34.6 Å². The van der Waals surface area contributed by atoms with Crippen molar-refractivity contribution in [1.29, 1.82) is 0 Å². The Morgan fingerprint density at radius 2 is 1.71 bits per heavy atom. The minimum absolute atomic E-state index is 0.272. The van der Waals surface area contributed by atoms with Gasteiger partial charge in [0.1, 0.15) is 11.4 Å². The minimum Gasteiger partial charge on any atom is -0.342 e. The van der Waals surface area contributed by atoms with Crippen molar-refractivity contribution in [3.8, 4) is 0 Å². The Morgan fingerprint density at radius 1 is 1.14 bits per heavy atom. The summed E-state index contributed by atoms with van der Waals surface area (Å²) in [5.41, 5.74) is -0.734. The van der Waals surface area contributed by atoms with Gasteiger partial charge in [-0.25, -0.2) is 0 Å². The Hall–Kier alpha value is -0.470. The SMILES string of the molecule is C/C1=C/C=C(/Cl)C(C)(C)C(C)(C)OO1. The van der Waals surface area contributed by atoms with E-state index in [1.165, 1.54) is 0 Å². The molecule has 0 N–H and O–H groups in total. The summed E-state index contributed by atoms with van der Waals surface area (Å²) in [6.07, 6.45) is 3.67. The molecule has 14 heavy (non-hydrogen) atoms. The smallest absolute Gasteiger partial charge is 0.139 e. The minimum atomic E-state index is -0.462. The summed E-state index contributed by atoms with van der Waals surface area (Å²) < 4.78 is 0. The molecule has 1 aliphatic heterocycles. The number of rotatable bonds is 0. The van der Waals surface area contributed by atoms with E-state index in [2.05, 4.69) is 0 Å². The van der Waals surface area contributed by atoms with E-state index >= 15 is 0 Å². The monoisotopic (exact) mass is 216 g/mol. The largest absolute Gasteiger partial charge is 0.342 e. The van der Waals surface area contributed by atoms with Crippen LogP contribution in [0, 0.1) is 5.41 Å². The normalized spacial score (nSPS) is 32.7. The molecule has 0 atom stereocenters. The zero-order valence-electron chi connectivity index (χ0n) is 9.35. The predicted octanol–water partition coefficient (Wildman–Crippen LogP) is 3.78. The average molecular weight is 217 g/mol. The Balaban J connectivity index is 3.13. The predicted molar refractivity (Wildman–Crippen MR) is 57.7 cm³/mol. The topological polar surface area (TPSA) is 18.5 Å². The van der Waals surface area contributed by atoms with E-state index < -0.39 is 5.60 Å². The lowest BCUT2D eigenvalue weighted by Gasteiger charge is -2.40. The third-order valence-electron chi connectivity index (χ3n) is 2.95. The van der Waals surface area contributed by atoms with Crippen LogP contribution >= 0.6 is 11.6 Å². The summed E-state index contributed by atoms with van der Waals surface area (Å²) >= 11 is 6.22. The summed E-state index contributed by atoms with van der Waals surface area (Å²) in [6.45, 7) is 9.81. The van der Waals surface area contributed by atoms with Crippen molar-refractivity contribution in [2.24, 2.45) is 5.41 Å². The lowest BCUT2D eigenvalue weighted by Crippen LogP contribution is -2.42. The molecular weight excluding hydrogens is 200 g/mol.